The van der Waals surface area contributed by atoms with Crippen LogP contribution in [0.2, 0.25) is 5.02 Å². The number of hydrogen-bond donors (Lipinski definition) is 2. The van der Waals surface area contributed by atoms with Crippen LogP contribution in [0.15, 0.2) is 41.7 Å². The Morgan fingerprint density at radius 3 is 2.71 bits per heavy atom. The van der Waals surface area contributed by atoms with Gasteiger partial charge in [0.15, 0.2) is 5.96 Å². The van der Waals surface area contributed by atoms with Crippen LogP contribution in [0, 0.1) is 5.92 Å². The molecule has 1 aromatic carbocycles. The van der Waals surface area contributed by atoms with E-state index in [2.05, 4.69) is 20.7 Å². The highest BCUT2D eigenvalue weighted by Gasteiger charge is 2.31. The first kappa shape index (κ1) is 21.7. The van der Waals surface area contributed by atoms with Gasteiger partial charge < -0.3 is 15.5 Å². The molecule has 4 rings (SSSR count). The van der Waals surface area contributed by atoms with E-state index in [-0.39, 0.29) is 12.0 Å². The standard InChI is InChI=1S/C23H31ClN6O/c1-25-23(26-13-17-14-27-30(15-17)21-9-7-19(24)8-10-21)28-20-11-12-29(16-20)22(31)18-5-3-2-4-6-18/h7-10,14-15,18,20H,2-6,11-13,16H2,1H3,(H2,25,26,28). The number of amides is 1. The van der Waals surface area contributed by atoms with Crippen LogP contribution >= 0.6 is 11.6 Å². The number of nitrogens with one attached hydrogen (secondary N) is 2. The molecule has 0 spiro atoms. The summed E-state index contributed by atoms with van der Waals surface area (Å²) in [5, 5.41) is 12.0. The Bertz CT molecular complexity index is 903. The number of nitrogens with zero attached hydrogens (tertiary/aromatic N) is 4. The molecule has 166 valence electrons. The van der Waals surface area contributed by atoms with Crippen LogP contribution in [0.5, 0.6) is 0 Å². The Hall–Kier alpha value is -2.54. The molecule has 1 aliphatic carbocycles. The van der Waals surface area contributed by atoms with Crippen molar-refractivity contribution in [2.24, 2.45) is 10.9 Å². The largest absolute Gasteiger partial charge is 0.352 e. The van der Waals surface area contributed by atoms with Crippen LogP contribution < -0.4 is 10.6 Å². The average Bonchev–Trinajstić information content (AvgIpc) is 3.47. The van der Waals surface area contributed by atoms with Crippen molar-refractivity contribution in [1.82, 2.24) is 25.3 Å². The van der Waals surface area contributed by atoms with E-state index in [9.17, 15) is 4.79 Å². The highest BCUT2D eigenvalue weighted by molar-refractivity contribution is 6.30. The maximum Gasteiger partial charge on any atom is 0.225 e. The molecule has 2 fully saturated rings. The minimum Gasteiger partial charge on any atom is -0.352 e. The third-order valence-electron chi connectivity index (χ3n) is 6.21. The topological polar surface area (TPSA) is 74.6 Å². The van der Waals surface area contributed by atoms with Gasteiger partial charge in [-0.15, -0.1) is 0 Å². The lowest BCUT2D eigenvalue weighted by atomic mass is 9.88. The fourth-order valence-corrected chi connectivity index (χ4v) is 4.57. The number of benzene rings is 1. The quantitative estimate of drug-likeness (QED) is 0.550. The van der Waals surface area contributed by atoms with E-state index in [1.165, 1.54) is 19.3 Å². The van der Waals surface area contributed by atoms with Gasteiger partial charge in [-0.25, -0.2) is 4.68 Å². The van der Waals surface area contributed by atoms with Crippen LogP contribution in [-0.2, 0) is 11.3 Å². The summed E-state index contributed by atoms with van der Waals surface area (Å²) in [6, 6.07) is 7.81. The van der Waals surface area contributed by atoms with Crippen molar-refractivity contribution in [3.05, 3.63) is 47.2 Å². The number of aliphatic imine (C=N–C) groups is 1. The van der Waals surface area contributed by atoms with E-state index >= 15 is 0 Å². The minimum absolute atomic E-state index is 0.232. The van der Waals surface area contributed by atoms with Crippen molar-refractivity contribution in [2.75, 3.05) is 20.1 Å². The van der Waals surface area contributed by atoms with Gasteiger partial charge in [-0.1, -0.05) is 30.9 Å². The summed E-state index contributed by atoms with van der Waals surface area (Å²) in [7, 11) is 1.77. The van der Waals surface area contributed by atoms with Crippen molar-refractivity contribution < 1.29 is 4.79 Å². The van der Waals surface area contributed by atoms with E-state index in [4.69, 9.17) is 11.6 Å². The fraction of sp³-hybridized carbons (Fsp3) is 0.522. The van der Waals surface area contributed by atoms with E-state index in [0.717, 1.165) is 49.6 Å². The molecule has 2 N–H and O–H groups in total. The zero-order valence-electron chi connectivity index (χ0n) is 18.1. The molecule has 1 saturated heterocycles. The molecule has 2 aromatic rings. The number of carbonyl (C=O) groups is 1. The van der Waals surface area contributed by atoms with Gasteiger partial charge in [-0.3, -0.25) is 9.79 Å². The SMILES string of the molecule is CN=C(NCc1cnn(-c2ccc(Cl)cc2)c1)NC1CCN(C(=O)C2CCCCC2)C1. The van der Waals surface area contributed by atoms with Gasteiger partial charge in [-0.2, -0.15) is 5.10 Å². The molecule has 31 heavy (non-hydrogen) atoms. The van der Waals surface area contributed by atoms with Crippen molar-refractivity contribution in [3.8, 4) is 5.69 Å². The zero-order chi connectivity index (χ0) is 21.6. The second kappa shape index (κ2) is 10.2. The smallest absolute Gasteiger partial charge is 0.225 e. The maximum absolute atomic E-state index is 12.8. The van der Waals surface area contributed by atoms with Crippen LogP contribution in [0.1, 0.15) is 44.1 Å². The maximum atomic E-state index is 12.8. The van der Waals surface area contributed by atoms with E-state index in [1.54, 1.807) is 7.05 Å². The molecule has 1 amide bonds. The number of carbonyl (C=O) groups excluding carboxylic acids is 1. The molecule has 2 aliphatic rings. The molecule has 2 heterocycles. The molecule has 0 bridgehead atoms. The molecule has 8 heteroatoms. The van der Waals surface area contributed by atoms with Gasteiger partial charge in [0.1, 0.15) is 0 Å². The molecule has 1 saturated carbocycles. The predicted molar refractivity (Wildman–Crippen MR) is 123 cm³/mol. The second-order valence-corrected chi connectivity index (χ2v) is 8.88. The van der Waals surface area contributed by atoms with E-state index in [1.807, 2.05) is 46.2 Å². The Kier molecular flexibility index (Phi) is 7.12. The Morgan fingerprint density at radius 1 is 1.19 bits per heavy atom. The first-order valence-corrected chi connectivity index (χ1v) is 11.6. The molecule has 1 aromatic heterocycles. The van der Waals surface area contributed by atoms with Crippen LogP contribution in [0.4, 0.5) is 0 Å². The third kappa shape index (κ3) is 5.58. The normalized spacial score (nSPS) is 20.1. The third-order valence-corrected chi connectivity index (χ3v) is 6.46. The highest BCUT2D eigenvalue weighted by atomic mass is 35.5. The van der Waals surface area contributed by atoms with E-state index in [0.29, 0.717) is 17.5 Å². The van der Waals surface area contributed by atoms with Gasteiger partial charge in [0.05, 0.1) is 11.9 Å². The lowest BCUT2D eigenvalue weighted by molar-refractivity contribution is -0.135. The van der Waals surface area contributed by atoms with Crippen LogP contribution in [-0.4, -0.2) is 52.7 Å². The summed E-state index contributed by atoms with van der Waals surface area (Å²) in [6.45, 7) is 2.20. The molecule has 7 nitrogen and oxygen atoms in total. The number of hydrogen-bond acceptors (Lipinski definition) is 3. The van der Waals surface area contributed by atoms with Crippen molar-refractivity contribution in [1.29, 1.82) is 0 Å². The number of halogens is 1. The van der Waals surface area contributed by atoms with Crippen molar-refractivity contribution >= 4 is 23.5 Å². The van der Waals surface area contributed by atoms with Gasteiger partial charge >= 0.3 is 0 Å². The summed E-state index contributed by atoms with van der Waals surface area (Å²) in [6.07, 6.45) is 10.6. The van der Waals surface area contributed by atoms with Gasteiger partial charge in [0, 0.05) is 55.4 Å². The summed E-state index contributed by atoms with van der Waals surface area (Å²) >= 11 is 5.96. The average molecular weight is 443 g/mol. The monoisotopic (exact) mass is 442 g/mol. The number of aromatic nitrogens is 2. The molecule has 1 aliphatic heterocycles. The number of rotatable bonds is 5. The minimum atomic E-state index is 0.232. The highest BCUT2D eigenvalue weighted by Crippen LogP contribution is 2.26. The summed E-state index contributed by atoms with van der Waals surface area (Å²) in [4.78, 5) is 19.2. The zero-order valence-corrected chi connectivity index (χ0v) is 18.8. The molecule has 1 unspecified atom stereocenters. The first-order valence-electron chi connectivity index (χ1n) is 11.2. The summed E-state index contributed by atoms with van der Waals surface area (Å²) in [5.41, 5.74) is 2.02. The van der Waals surface area contributed by atoms with Gasteiger partial charge in [0.2, 0.25) is 5.91 Å². The molecule has 1 atom stereocenters. The van der Waals surface area contributed by atoms with Crippen molar-refractivity contribution in [3.63, 3.8) is 0 Å². The van der Waals surface area contributed by atoms with Crippen LogP contribution in [0.3, 0.4) is 0 Å². The molecular formula is C23H31ClN6O. The fourth-order valence-electron chi connectivity index (χ4n) is 4.45. The van der Waals surface area contributed by atoms with Crippen molar-refractivity contribution in [2.45, 2.75) is 51.1 Å². The summed E-state index contributed by atoms with van der Waals surface area (Å²) < 4.78 is 1.83. The van der Waals surface area contributed by atoms with Gasteiger partial charge in [0.25, 0.3) is 0 Å². The number of likely N-dealkylation sites (tertiary alicyclic amines) is 1. The Morgan fingerprint density at radius 2 is 1.97 bits per heavy atom. The molecular weight excluding hydrogens is 412 g/mol. The first-order chi connectivity index (χ1) is 15.1. The Balaban J connectivity index is 1.26. The summed E-state index contributed by atoms with van der Waals surface area (Å²) in [5.74, 6) is 1.33. The van der Waals surface area contributed by atoms with Gasteiger partial charge in [-0.05, 0) is 43.5 Å². The predicted octanol–water partition coefficient (Wildman–Crippen LogP) is 3.37. The Labute approximate surface area is 188 Å². The second-order valence-electron chi connectivity index (χ2n) is 8.44. The lowest BCUT2D eigenvalue weighted by Crippen LogP contribution is -2.45. The number of guanidine groups is 1. The van der Waals surface area contributed by atoms with E-state index < -0.39 is 0 Å². The molecule has 0 radical (unpaired) electrons. The lowest BCUT2D eigenvalue weighted by Gasteiger charge is -2.26. The van der Waals surface area contributed by atoms with Crippen LogP contribution in [0.25, 0.3) is 5.69 Å².